The van der Waals surface area contributed by atoms with Gasteiger partial charge in [0.1, 0.15) is 0 Å². The number of hydrogen-bond donors (Lipinski definition) is 0. The summed E-state index contributed by atoms with van der Waals surface area (Å²) in [5.74, 6) is 1.52. The molecule has 114 valence electrons. The molecule has 2 fully saturated rings. The van der Waals surface area contributed by atoms with Crippen molar-refractivity contribution in [2.75, 3.05) is 0 Å². The fraction of sp³-hybridized carbons (Fsp3) is 1.00. The van der Waals surface area contributed by atoms with Gasteiger partial charge in [0.2, 0.25) is 0 Å². The molecule has 0 aliphatic heterocycles. The van der Waals surface area contributed by atoms with E-state index < -0.39 is 12.1 Å². The third kappa shape index (κ3) is 6.67. The van der Waals surface area contributed by atoms with E-state index in [0.717, 1.165) is 24.7 Å². The minimum atomic E-state index is -3.94. The van der Waals surface area contributed by atoms with Crippen LogP contribution in [0.25, 0.3) is 0 Å². The fourth-order valence-corrected chi connectivity index (χ4v) is 3.01. The minimum Gasteiger partial charge on any atom is -0.171 e. The average Bonchev–Trinajstić information content (AvgIpc) is 2.33. The first kappa shape index (κ1) is 16.8. The number of rotatable bonds is 0. The van der Waals surface area contributed by atoms with E-state index in [1.54, 1.807) is 0 Å². The van der Waals surface area contributed by atoms with E-state index in [1.807, 2.05) is 6.92 Å². The van der Waals surface area contributed by atoms with Crippen molar-refractivity contribution in [1.82, 2.24) is 0 Å². The van der Waals surface area contributed by atoms with Crippen LogP contribution in [0.4, 0.5) is 13.2 Å². The lowest BCUT2D eigenvalue weighted by molar-refractivity contribution is -0.183. The van der Waals surface area contributed by atoms with Gasteiger partial charge in [0.15, 0.2) is 0 Å². The van der Waals surface area contributed by atoms with Crippen molar-refractivity contribution < 1.29 is 13.2 Å². The lowest BCUT2D eigenvalue weighted by atomic mass is 9.83. The molecule has 0 spiro atoms. The van der Waals surface area contributed by atoms with E-state index >= 15 is 0 Å². The van der Waals surface area contributed by atoms with Crippen LogP contribution in [-0.2, 0) is 0 Å². The molecule has 0 nitrogen and oxygen atoms in total. The summed E-state index contributed by atoms with van der Waals surface area (Å²) in [6.45, 7) is 6.75. The Balaban J connectivity index is 0.000000200. The van der Waals surface area contributed by atoms with E-state index in [1.165, 1.54) is 25.7 Å². The molecule has 3 heteroatoms. The summed E-state index contributed by atoms with van der Waals surface area (Å²) in [7, 11) is 0. The lowest BCUT2D eigenvalue weighted by Crippen LogP contribution is -2.26. The van der Waals surface area contributed by atoms with E-state index in [4.69, 9.17) is 0 Å². The van der Waals surface area contributed by atoms with Gasteiger partial charge in [-0.2, -0.15) is 13.2 Å². The van der Waals surface area contributed by atoms with Gasteiger partial charge in [-0.1, -0.05) is 59.3 Å². The Morgan fingerprint density at radius 1 is 0.579 bits per heavy atom. The van der Waals surface area contributed by atoms with Crippen LogP contribution in [0.15, 0.2) is 0 Å². The van der Waals surface area contributed by atoms with Crippen LogP contribution >= 0.6 is 0 Å². The van der Waals surface area contributed by atoms with E-state index in [0.29, 0.717) is 18.8 Å². The molecule has 0 amide bonds. The maximum atomic E-state index is 12.1. The van der Waals surface area contributed by atoms with Crippen LogP contribution in [0.3, 0.4) is 0 Å². The molecule has 0 N–H and O–H groups in total. The summed E-state index contributed by atoms with van der Waals surface area (Å²) in [6, 6.07) is 0. The second-order valence-corrected chi connectivity index (χ2v) is 6.86. The maximum absolute atomic E-state index is 12.1. The SMILES string of the molecule is CC1CCC(C(F)(F)F)CC1.CC1CCC(C)CC1. The largest absolute Gasteiger partial charge is 0.391 e. The molecule has 0 radical (unpaired) electrons. The fourth-order valence-electron chi connectivity index (χ4n) is 3.01. The molecule has 0 aromatic carbocycles. The monoisotopic (exact) mass is 278 g/mol. The molecule has 0 unspecified atom stereocenters. The van der Waals surface area contributed by atoms with Gasteiger partial charge in [0, 0.05) is 0 Å². The van der Waals surface area contributed by atoms with Crippen LogP contribution < -0.4 is 0 Å². The summed E-state index contributed by atoms with van der Waals surface area (Å²) in [4.78, 5) is 0. The molecule has 2 saturated carbocycles. The highest BCUT2D eigenvalue weighted by atomic mass is 19.4. The summed E-state index contributed by atoms with van der Waals surface area (Å²) >= 11 is 0. The molecular formula is C16H29F3. The van der Waals surface area contributed by atoms with E-state index in [9.17, 15) is 13.2 Å². The highest BCUT2D eigenvalue weighted by Crippen LogP contribution is 2.39. The topological polar surface area (TPSA) is 0 Å². The van der Waals surface area contributed by atoms with Crippen LogP contribution in [0.5, 0.6) is 0 Å². The van der Waals surface area contributed by atoms with Gasteiger partial charge in [0.05, 0.1) is 5.92 Å². The van der Waals surface area contributed by atoms with E-state index in [-0.39, 0.29) is 0 Å². The highest BCUT2D eigenvalue weighted by Gasteiger charge is 2.40. The predicted octanol–water partition coefficient (Wildman–Crippen LogP) is 6.21. The smallest absolute Gasteiger partial charge is 0.171 e. The molecule has 0 heterocycles. The van der Waals surface area contributed by atoms with Crippen molar-refractivity contribution in [1.29, 1.82) is 0 Å². The Hall–Kier alpha value is -0.210. The van der Waals surface area contributed by atoms with Gasteiger partial charge < -0.3 is 0 Å². The average molecular weight is 278 g/mol. The first-order valence-corrected chi connectivity index (χ1v) is 7.85. The zero-order valence-corrected chi connectivity index (χ0v) is 12.6. The van der Waals surface area contributed by atoms with Crippen molar-refractivity contribution in [2.45, 2.75) is 78.3 Å². The molecule has 2 rings (SSSR count). The maximum Gasteiger partial charge on any atom is 0.391 e. The predicted molar refractivity (Wildman–Crippen MR) is 74.0 cm³/mol. The molecule has 0 saturated heterocycles. The molecule has 19 heavy (non-hydrogen) atoms. The third-order valence-electron chi connectivity index (χ3n) is 4.78. The second kappa shape index (κ2) is 7.54. The Labute approximate surface area is 116 Å². The summed E-state index contributed by atoms with van der Waals surface area (Å²) in [5.41, 5.74) is 0. The Kier molecular flexibility index (Phi) is 6.68. The lowest BCUT2D eigenvalue weighted by Gasteiger charge is -2.27. The van der Waals surface area contributed by atoms with Gasteiger partial charge in [-0.15, -0.1) is 0 Å². The van der Waals surface area contributed by atoms with E-state index in [2.05, 4.69) is 13.8 Å². The molecule has 2 aliphatic rings. The van der Waals surface area contributed by atoms with Crippen molar-refractivity contribution >= 4 is 0 Å². The molecular weight excluding hydrogens is 249 g/mol. The molecule has 0 aromatic rings. The number of alkyl halides is 3. The molecule has 0 aromatic heterocycles. The minimum absolute atomic E-state index is 0.338. The first-order valence-electron chi connectivity index (χ1n) is 7.85. The van der Waals surface area contributed by atoms with Crippen LogP contribution in [0, 0.1) is 23.7 Å². The van der Waals surface area contributed by atoms with Gasteiger partial charge in [-0.05, 0) is 30.6 Å². The third-order valence-corrected chi connectivity index (χ3v) is 4.78. The molecule has 2 aliphatic carbocycles. The van der Waals surface area contributed by atoms with Crippen molar-refractivity contribution in [3.05, 3.63) is 0 Å². The van der Waals surface area contributed by atoms with Crippen LogP contribution in [0.1, 0.15) is 72.1 Å². The summed E-state index contributed by atoms with van der Waals surface area (Å²) in [6.07, 6.45) is 4.11. The normalized spacial score (nSPS) is 36.3. The number of halogens is 3. The standard InChI is InChI=1S/C8H13F3.C8H16/c1-6-2-4-7(5-3-6)8(9,10)11;1-7-3-5-8(2)6-4-7/h6-7H,2-5H2,1H3;7-8H,3-6H2,1-2H3. The quantitative estimate of drug-likeness (QED) is 0.494. The first-order chi connectivity index (χ1) is 8.79. The zero-order valence-electron chi connectivity index (χ0n) is 12.6. The van der Waals surface area contributed by atoms with Crippen molar-refractivity contribution in [2.24, 2.45) is 23.7 Å². The van der Waals surface area contributed by atoms with Crippen LogP contribution in [0.2, 0.25) is 0 Å². The zero-order chi connectivity index (χ0) is 14.5. The van der Waals surface area contributed by atoms with Crippen LogP contribution in [-0.4, -0.2) is 6.18 Å². The summed E-state index contributed by atoms with van der Waals surface area (Å²) in [5, 5.41) is 0. The number of hydrogen-bond acceptors (Lipinski definition) is 0. The van der Waals surface area contributed by atoms with Gasteiger partial charge in [-0.3, -0.25) is 0 Å². The molecule has 0 bridgehead atoms. The second-order valence-electron chi connectivity index (χ2n) is 6.86. The Morgan fingerprint density at radius 3 is 1.11 bits per heavy atom. The van der Waals surface area contributed by atoms with Gasteiger partial charge in [-0.25, -0.2) is 0 Å². The highest BCUT2D eigenvalue weighted by molar-refractivity contribution is 4.74. The van der Waals surface area contributed by atoms with Gasteiger partial charge in [0.25, 0.3) is 0 Å². The van der Waals surface area contributed by atoms with Crippen molar-refractivity contribution in [3.8, 4) is 0 Å². The van der Waals surface area contributed by atoms with Gasteiger partial charge >= 0.3 is 6.18 Å². The summed E-state index contributed by atoms with van der Waals surface area (Å²) < 4.78 is 36.2. The van der Waals surface area contributed by atoms with Crippen molar-refractivity contribution in [3.63, 3.8) is 0 Å². The Morgan fingerprint density at radius 2 is 0.842 bits per heavy atom. The molecule has 0 atom stereocenters. The Bertz CT molecular complexity index is 221.